The van der Waals surface area contributed by atoms with Crippen molar-refractivity contribution in [1.29, 1.82) is 0 Å². The number of nitrogens with one attached hydrogen (secondary N) is 1. The second kappa shape index (κ2) is 7.74. The molecule has 1 N–H and O–H groups in total. The van der Waals surface area contributed by atoms with E-state index in [0.717, 1.165) is 11.1 Å². The SMILES string of the molecule is Cc1cccc(CS(=O)(=O)N2CCCN(C(=O)NC(C)(C)C)CC2)c1. The van der Waals surface area contributed by atoms with Gasteiger partial charge in [0, 0.05) is 31.7 Å². The molecule has 140 valence electrons. The van der Waals surface area contributed by atoms with Crippen LogP contribution < -0.4 is 5.32 Å². The average molecular weight is 368 g/mol. The second-order valence-electron chi connectivity index (χ2n) is 7.67. The van der Waals surface area contributed by atoms with Crippen molar-refractivity contribution in [1.82, 2.24) is 14.5 Å². The third-order valence-electron chi connectivity index (χ3n) is 4.05. The molecule has 1 fully saturated rings. The molecule has 1 heterocycles. The van der Waals surface area contributed by atoms with E-state index in [0.29, 0.717) is 32.6 Å². The summed E-state index contributed by atoms with van der Waals surface area (Å²) < 4.78 is 27.0. The quantitative estimate of drug-likeness (QED) is 0.891. The van der Waals surface area contributed by atoms with Crippen molar-refractivity contribution in [2.45, 2.75) is 45.4 Å². The van der Waals surface area contributed by atoms with Crippen molar-refractivity contribution in [2.24, 2.45) is 0 Å². The average Bonchev–Trinajstić information content (AvgIpc) is 2.71. The standard InChI is InChI=1S/C18H29N3O3S/c1-15-7-5-8-16(13-15)14-25(23,24)21-10-6-9-20(11-12-21)17(22)19-18(2,3)4/h5,7-8,13H,6,9-12,14H2,1-4H3,(H,19,22). The van der Waals surface area contributed by atoms with Gasteiger partial charge in [-0.1, -0.05) is 29.8 Å². The zero-order valence-electron chi connectivity index (χ0n) is 15.6. The summed E-state index contributed by atoms with van der Waals surface area (Å²) in [5.41, 5.74) is 1.54. The van der Waals surface area contributed by atoms with Crippen molar-refractivity contribution in [2.75, 3.05) is 26.2 Å². The van der Waals surface area contributed by atoms with Crippen LogP contribution in [0.4, 0.5) is 4.79 Å². The number of hydrogen-bond acceptors (Lipinski definition) is 3. The summed E-state index contributed by atoms with van der Waals surface area (Å²) in [4.78, 5) is 14.0. The minimum absolute atomic E-state index is 0.00284. The molecule has 1 aliphatic rings. The Balaban J connectivity index is 2.00. The van der Waals surface area contributed by atoms with Crippen LogP contribution in [-0.2, 0) is 15.8 Å². The molecule has 2 rings (SSSR count). The lowest BCUT2D eigenvalue weighted by Gasteiger charge is -2.27. The molecular weight excluding hydrogens is 338 g/mol. The number of hydrogen-bond donors (Lipinski definition) is 1. The molecule has 1 aliphatic heterocycles. The summed E-state index contributed by atoms with van der Waals surface area (Å²) >= 11 is 0. The van der Waals surface area contributed by atoms with Crippen molar-refractivity contribution in [3.8, 4) is 0 Å². The van der Waals surface area contributed by atoms with Gasteiger partial charge in [-0.25, -0.2) is 13.2 Å². The first-order valence-electron chi connectivity index (χ1n) is 8.67. The van der Waals surface area contributed by atoms with Crippen molar-refractivity contribution >= 4 is 16.1 Å². The van der Waals surface area contributed by atoms with Crippen LogP contribution in [-0.4, -0.2) is 55.4 Å². The van der Waals surface area contributed by atoms with Crippen LogP contribution >= 0.6 is 0 Å². The van der Waals surface area contributed by atoms with E-state index in [-0.39, 0.29) is 17.3 Å². The lowest BCUT2D eigenvalue weighted by atomic mass is 10.1. The fourth-order valence-corrected chi connectivity index (χ4v) is 4.43. The highest BCUT2D eigenvalue weighted by molar-refractivity contribution is 7.88. The monoisotopic (exact) mass is 367 g/mol. The lowest BCUT2D eigenvalue weighted by Crippen LogP contribution is -2.49. The second-order valence-corrected chi connectivity index (χ2v) is 9.63. The molecular formula is C18H29N3O3S. The van der Waals surface area contributed by atoms with Gasteiger partial charge in [-0.3, -0.25) is 0 Å². The van der Waals surface area contributed by atoms with Crippen LogP contribution in [0.15, 0.2) is 24.3 Å². The van der Waals surface area contributed by atoms with Gasteiger partial charge in [0.15, 0.2) is 0 Å². The van der Waals surface area contributed by atoms with E-state index in [9.17, 15) is 13.2 Å². The number of nitrogens with zero attached hydrogens (tertiary/aromatic N) is 2. The van der Waals surface area contributed by atoms with Gasteiger partial charge in [-0.15, -0.1) is 0 Å². The van der Waals surface area contributed by atoms with E-state index in [1.54, 1.807) is 4.90 Å². The summed E-state index contributed by atoms with van der Waals surface area (Å²) in [5, 5.41) is 2.94. The minimum atomic E-state index is -3.39. The van der Waals surface area contributed by atoms with Crippen molar-refractivity contribution in [3.05, 3.63) is 35.4 Å². The summed E-state index contributed by atoms with van der Waals surface area (Å²) in [5.74, 6) is 0.00284. The van der Waals surface area contributed by atoms with Crippen molar-refractivity contribution in [3.63, 3.8) is 0 Å². The number of carbonyl (C=O) groups is 1. The molecule has 2 amide bonds. The predicted octanol–water partition coefficient (Wildman–Crippen LogP) is 2.34. The van der Waals surface area contributed by atoms with Crippen LogP contribution in [0, 0.1) is 6.92 Å². The molecule has 0 atom stereocenters. The van der Waals surface area contributed by atoms with Crippen molar-refractivity contribution < 1.29 is 13.2 Å². The van der Waals surface area contributed by atoms with Crippen LogP contribution in [0.3, 0.4) is 0 Å². The van der Waals surface area contributed by atoms with Crippen LogP contribution in [0.2, 0.25) is 0 Å². The van der Waals surface area contributed by atoms with Gasteiger partial charge in [0.05, 0.1) is 5.75 Å². The van der Waals surface area contributed by atoms with Gasteiger partial charge < -0.3 is 10.2 Å². The van der Waals surface area contributed by atoms with E-state index < -0.39 is 10.0 Å². The smallest absolute Gasteiger partial charge is 0.317 e. The molecule has 0 bridgehead atoms. The number of rotatable bonds is 3. The Morgan fingerprint density at radius 3 is 2.52 bits per heavy atom. The highest BCUT2D eigenvalue weighted by Crippen LogP contribution is 2.15. The Kier molecular flexibility index (Phi) is 6.11. The van der Waals surface area contributed by atoms with Gasteiger partial charge in [-0.05, 0) is 39.7 Å². The Labute approximate surface area is 151 Å². The normalized spacial score (nSPS) is 17.2. The summed E-state index contributed by atoms with van der Waals surface area (Å²) in [7, 11) is -3.39. The number of urea groups is 1. The predicted molar refractivity (Wildman–Crippen MR) is 99.9 cm³/mol. The minimum Gasteiger partial charge on any atom is -0.333 e. The van der Waals surface area contributed by atoms with E-state index in [2.05, 4.69) is 5.32 Å². The Morgan fingerprint density at radius 2 is 1.88 bits per heavy atom. The highest BCUT2D eigenvalue weighted by atomic mass is 32.2. The number of carbonyl (C=O) groups excluding carboxylic acids is 1. The maximum atomic E-state index is 12.7. The molecule has 0 aromatic heterocycles. The van der Waals surface area contributed by atoms with E-state index in [4.69, 9.17) is 0 Å². The molecule has 6 nitrogen and oxygen atoms in total. The fourth-order valence-electron chi connectivity index (χ4n) is 2.88. The number of amides is 2. The number of benzene rings is 1. The molecule has 1 aromatic carbocycles. The Bertz CT molecular complexity index is 711. The van der Waals surface area contributed by atoms with Gasteiger partial charge in [0.25, 0.3) is 0 Å². The van der Waals surface area contributed by atoms with Crippen LogP contribution in [0.1, 0.15) is 38.3 Å². The van der Waals surface area contributed by atoms with E-state index in [1.807, 2.05) is 52.0 Å². The zero-order chi connectivity index (χ0) is 18.7. The summed E-state index contributed by atoms with van der Waals surface area (Å²) in [6.45, 7) is 9.52. The highest BCUT2D eigenvalue weighted by Gasteiger charge is 2.28. The van der Waals surface area contributed by atoms with Gasteiger partial charge >= 0.3 is 6.03 Å². The van der Waals surface area contributed by atoms with Gasteiger partial charge in [0.2, 0.25) is 10.0 Å². The summed E-state index contributed by atoms with van der Waals surface area (Å²) in [6.07, 6.45) is 0.643. The van der Waals surface area contributed by atoms with Gasteiger partial charge in [-0.2, -0.15) is 4.31 Å². The summed E-state index contributed by atoms with van der Waals surface area (Å²) in [6, 6.07) is 7.43. The molecule has 0 saturated carbocycles. The van der Waals surface area contributed by atoms with E-state index >= 15 is 0 Å². The third-order valence-corrected chi connectivity index (χ3v) is 5.90. The molecule has 0 unspecified atom stereocenters. The van der Waals surface area contributed by atoms with Gasteiger partial charge in [0.1, 0.15) is 0 Å². The van der Waals surface area contributed by atoms with Crippen LogP contribution in [0.5, 0.6) is 0 Å². The lowest BCUT2D eigenvalue weighted by molar-refractivity contribution is 0.191. The topological polar surface area (TPSA) is 69.7 Å². The van der Waals surface area contributed by atoms with Crippen LogP contribution in [0.25, 0.3) is 0 Å². The fraction of sp³-hybridized carbons (Fsp3) is 0.611. The largest absolute Gasteiger partial charge is 0.333 e. The first-order valence-corrected chi connectivity index (χ1v) is 10.3. The third kappa shape index (κ3) is 6.01. The molecule has 7 heteroatoms. The number of sulfonamides is 1. The molecule has 1 saturated heterocycles. The molecule has 25 heavy (non-hydrogen) atoms. The molecule has 0 radical (unpaired) electrons. The Hall–Kier alpha value is -1.60. The molecule has 1 aromatic rings. The Morgan fingerprint density at radius 1 is 1.16 bits per heavy atom. The first-order chi connectivity index (χ1) is 11.6. The maximum Gasteiger partial charge on any atom is 0.317 e. The molecule has 0 spiro atoms. The van der Waals surface area contributed by atoms with E-state index in [1.165, 1.54) is 4.31 Å². The molecule has 0 aliphatic carbocycles. The number of aryl methyl sites for hydroxylation is 1. The zero-order valence-corrected chi connectivity index (χ0v) is 16.4. The first kappa shape index (κ1) is 19.7. The maximum absolute atomic E-state index is 12.7.